The Balaban J connectivity index is 1.36. The Hall–Kier alpha value is -2.05. The number of allylic oxidation sites excluding steroid dienone is 4. The third-order valence-electron chi connectivity index (χ3n) is 9.64. The van der Waals surface area contributed by atoms with Crippen LogP contribution in [0.1, 0.15) is 50.3 Å². The third kappa shape index (κ3) is 2.91. The average molecular weight is 461 g/mol. The summed E-state index contributed by atoms with van der Waals surface area (Å²) in [5.41, 5.74) is 4.92. The van der Waals surface area contributed by atoms with Gasteiger partial charge in [-0.3, -0.25) is 4.98 Å². The minimum absolute atomic E-state index is 0.0146. The monoisotopic (exact) mass is 460 g/mol. The number of fused-ring (bicyclic) bond motifs is 1. The zero-order valence-corrected chi connectivity index (χ0v) is 20.7. The molecule has 2 aliphatic heterocycles. The number of nitrogens with zero attached hydrogens (tertiary/aromatic N) is 2. The molecule has 5 heteroatoms. The minimum atomic E-state index is -0.880. The SMILES string of the molecule is Cc1ncccc1/C=C/C1=CCC2[C@]1(C)CC=C1C=C3[C@@H](O)[C@H](O)[C@@H](N(C)C)C[C@]34CC[C@@]12O4. The van der Waals surface area contributed by atoms with Crippen molar-refractivity contribution in [2.75, 3.05) is 14.1 Å². The molecule has 1 aromatic heterocycles. The van der Waals surface area contributed by atoms with Crippen molar-refractivity contribution in [1.29, 1.82) is 0 Å². The molecule has 1 aromatic rings. The molecule has 7 atom stereocenters. The number of hydrogen-bond acceptors (Lipinski definition) is 5. The molecule has 3 aliphatic carbocycles. The van der Waals surface area contributed by atoms with Gasteiger partial charge < -0.3 is 19.8 Å². The van der Waals surface area contributed by atoms with E-state index < -0.39 is 17.8 Å². The predicted octanol–water partition coefficient (Wildman–Crippen LogP) is 3.97. The molecular weight excluding hydrogens is 424 g/mol. The lowest BCUT2D eigenvalue weighted by Gasteiger charge is -2.55. The molecule has 1 unspecified atom stereocenters. The Kier molecular flexibility index (Phi) is 4.93. The van der Waals surface area contributed by atoms with Gasteiger partial charge in [0.1, 0.15) is 6.10 Å². The molecule has 180 valence electrons. The number of rotatable bonds is 3. The lowest BCUT2D eigenvalue weighted by molar-refractivity contribution is -0.163. The number of aliphatic hydroxyl groups excluding tert-OH is 2. The van der Waals surface area contributed by atoms with Gasteiger partial charge in [-0.1, -0.05) is 43.4 Å². The van der Waals surface area contributed by atoms with Gasteiger partial charge in [0.05, 0.1) is 17.3 Å². The molecule has 3 heterocycles. The highest BCUT2D eigenvalue weighted by molar-refractivity contribution is 5.58. The second-order valence-corrected chi connectivity index (χ2v) is 11.5. The van der Waals surface area contributed by atoms with Crippen molar-refractivity contribution < 1.29 is 14.9 Å². The van der Waals surface area contributed by atoms with Crippen molar-refractivity contribution in [3.63, 3.8) is 0 Å². The van der Waals surface area contributed by atoms with E-state index in [4.69, 9.17) is 4.74 Å². The van der Waals surface area contributed by atoms with Gasteiger partial charge in [0, 0.05) is 29.3 Å². The van der Waals surface area contributed by atoms with Gasteiger partial charge in [-0.2, -0.15) is 0 Å². The van der Waals surface area contributed by atoms with E-state index in [1.165, 1.54) is 11.1 Å². The van der Waals surface area contributed by atoms with Crippen LogP contribution in [-0.4, -0.2) is 63.6 Å². The smallest absolute Gasteiger partial charge is 0.105 e. The Labute approximate surface area is 202 Å². The first-order valence-corrected chi connectivity index (χ1v) is 12.7. The molecule has 2 N–H and O–H groups in total. The predicted molar refractivity (Wildman–Crippen MR) is 133 cm³/mol. The number of pyridine rings is 1. The molecule has 2 fully saturated rings. The highest BCUT2D eigenvalue weighted by Crippen LogP contribution is 2.66. The normalized spacial score (nSPS) is 42.7. The molecular formula is C29H36N2O3. The summed E-state index contributed by atoms with van der Waals surface area (Å²) in [6.07, 6.45) is 16.2. The summed E-state index contributed by atoms with van der Waals surface area (Å²) in [5, 5.41) is 21.9. The topological polar surface area (TPSA) is 65.8 Å². The lowest BCUT2D eigenvalue weighted by atomic mass is 9.59. The van der Waals surface area contributed by atoms with Crippen molar-refractivity contribution in [1.82, 2.24) is 9.88 Å². The van der Waals surface area contributed by atoms with E-state index in [1.807, 2.05) is 31.3 Å². The number of aliphatic hydroxyl groups is 2. The van der Waals surface area contributed by atoms with Crippen LogP contribution in [0.5, 0.6) is 0 Å². The first-order chi connectivity index (χ1) is 16.2. The van der Waals surface area contributed by atoms with Crippen LogP contribution in [0.15, 0.2) is 59.4 Å². The van der Waals surface area contributed by atoms with Gasteiger partial charge >= 0.3 is 0 Å². The maximum absolute atomic E-state index is 11.1. The first-order valence-electron chi connectivity index (χ1n) is 12.7. The van der Waals surface area contributed by atoms with E-state index in [0.29, 0.717) is 5.92 Å². The summed E-state index contributed by atoms with van der Waals surface area (Å²) in [6, 6.07) is 3.99. The summed E-state index contributed by atoms with van der Waals surface area (Å²) in [6.45, 7) is 4.45. The Morgan fingerprint density at radius 3 is 2.76 bits per heavy atom. The summed E-state index contributed by atoms with van der Waals surface area (Å²) < 4.78 is 7.19. The molecule has 2 spiro atoms. The second-order valence-electron chi connectivity index (χ2n) is 11.5. The molecule has 34 heavy (non-hydrogen) atoms. The molecule has 6 rings (SSSR count). The maximum atomic E-state index is 11.1. The number of likely N-dealkylation sites (N-methyl/N-ethyl adjacent to an activating group) is 1. The Morgan fingerprint density at radius 1 is 1.18 bits per heavy atom. The molecule has 0 amide bonds. The van der Waals surface area contributed by atoms with Crippen LogP contribution in [0.2, 0.25) is 0 Å². The van der Waals surface area contributed by atoms with Gasteiger partial charge in [0.2, 0.25) is 0 Å². The Bertz CT molecular complexity index is 1150. The van der Waals surface area contributed by atoms with Gasteiger partial charge in [0.25, 0.3) is 0 Å². The molecule has 0 aromatic carbocycles. The number of aryl methyl sites for hydroxylation is 1. The van der Waals surface area contributed by atoms with Crippen LogP contribution in [0.25, 0.3) is 6.08 Å². The van der Waals surface area contributed by atoms with Gasteiger partial charge in [0.15, 0.2) is 0 Å². The van der Waals surface area contributed by atoms with E-state index in [-0.39, 0.29) is 17.1 Å². The zero-order chi connectivity index (χ0) is 23.9. The van der Waals surface area contributed by atoms with E-state index in [1.54, 1.807) is 0 Å². The highest BCUT2D eigenvalue weighted by Gasteiger charge is 2.67. The molecule has 1 saturated heterocycles. The van der Waals surface area contributed by atoms with Crippen LogP contribution in [0.3, 0.4) is 0 Å². The van der Waals surface area contributed by atoms with Gasteiger partial charge in [-0.25, -0.2) is 0 Å². The molecule has 0 radical (unpaired) electrons. The van der Waals surface area contributed by atoms with Crippen molar-refractivity contribution in [3.05, 3.63) is 70.6 Å². The van der Waals surface area contributed by atoms with Crippen LogP contribution in [0, 0.1) is 18.3 Å². The van der Waals surface area contributed by atoms with Crippen molar-refractivity contribution in [3.8, 4) is 0 Å². The summed E-state index contributed by atoms with van der Waals surface area (Å²) in [5.74, 6) is 0.369. The Morgan fingerprint density at radius 2 is 2.00 bits per heavy atom. The number of hydrogen-bond donors (Lipinski definition) is 2. The molecule has 2 bridgehead atoms. The summed E-state index contributed by atoms with van der Waals surface area (Å²) >= 11 is 0. The van der Waals surface area contributed by atoms with Crippen molar-refractivity contribution >= 4 is 6.08 Å². The zero-order valence-electron chi connectivity index (χ0n) is 20.7. The van der Waals surface area contributed by atoms with Crippen molar-refractivity contribution in [2.45, 2.75) is 75.4 Å². The van der Waals surface area contributed by atoms with Crippen LogP contribution < -0.4 is 0 Å². The summed E-state index contributed by atoms with van der Waals surface area (Å²) in [7, 11) is 3.96. The van der Waals surface area contributed by atoms with E-state index in [9.17, 15) is 10.2 Å². The number of ether oxygens (including phenoxy) is 1. The van der Waals surface area contributed by atoms with Crippen LogP contribution in [0.4, 0.5) is 0 Å². The number of aromatic nitrogens is 1. The quantitative estimate of drug-likeness (QED) is 0.715. The lowest BCUT2D eigenvalue weighted by Crippen LogP contribution is -2.61. The fourth-order valence-corrected chi connectivity index (χ4v) is 7.64. The van der Waals surface area contributed by atoms with E-state index in [2.05, 4.69) is 55.3 Å². The minimum Gasteiger partial charge on any atom is -0.388 e. The molecule has 1 saturated carbocycles. The first kappa shape index (κ1) is 22.4. The second kappa shape index (κ2) is 7.47. The largest absolute Gasteiger partial charge is 0.388 e. The van der Waals surface area contributed by atoms with E-state index in [0.717, 1.165) is 48.9 Å². The fourth-order valence-electron chi connectivity index (χ4n) is 7.64. The standard InChI is InChI=1S/C29H36N2O3/c1-18-19(6-5-15-30-18)7-8-20-9-10-24-27(20,2)12-11-21-16-22-25(32)26(33)23(31(3)4)17-28(22)13-14-29(21,24)34-28/h5-9,11,15-16,23-26,32-33H,10,12-14,17H2,1-4H3/b8-7+/t23-,24?,25+,26+,27+,28+,29+/m0/s1. The van der Waals surface area contributed by atoms with Crippen LogP contribution in [-0.2, 0) is 4.74 Å². The highest BCUT2D eigenvalue weighted by atomic mass is 16.5. The fraction of sp³-hybridized carbons (Fsp3) is 0.552. The molecule has 5 nitrogen and oxygen atoms in total. The van der Waals surface area contributed by atoms with Crippen molar-refractivity contribution in [2.24, 2.45) is 11.3 Å². The van der Waals surface area contributed by atoms with E-state index >= 15 is 0 Å². The van der Waals surface area contributed by atoms with Gasteiger partial charge in [-0.05, 0) is 81.5 Å². The van der Waals surface area contributed by atoms with Crippen LogP contribution >= 0.6 is 0 Å². The molecule has 5 aliphatic rings. The average Bonchev–Trinajstić information content (AvgIpc) is 3.31. The van der Waals surface area contributed by atoms with Gasteiger partial charge in [-0.15, -0.1) is 0 Å². The maximum Gasteiger partial charge on any atom is 0.105 e. The third-order valence-corrected chi connectivity index (χ3v) is 9.64. The summed E-state index contributed by atoms with van der Waals surface area (Å²) in [4.78, 5) is 6.46.